The largest absolute Gasteiger partial charge is 0.357 e. The molecule has 1 amide bonds. The molecule has 0 aliphatic carbocycles. The lowest BCUT2D eigenvalue weighted by molar-refractivity contribution is -0.130. The van der Waals surface area contributed by atoms with Gasteiger partial charge in [0.25, 0.3) is 0 Å². The van der Waals surface area contributed by atoms with Crippen molar-refractivity contribution in [1.29, 1.82) is 0 Å². The van der Waals surface area contributed by atoms with E-state index in [9.17, 15) is 4.79 Å². The molecule has 0 saturated carbocycles. The molecule has 0 aromatic rings. The number of rotatable bonds is 4. The van der Waals surface area contributed by atoms with Crippen LogP contribution in [0.5, 0.6) is 0 Å². The molecule has 1 aliphatic rings. The van der Waals surface area contributed by atoms with Gasteiger partial charge in [0.1, 0.15) is 0 Å². The zero-order chi connectivity index (χ0) is 15.9. The van der Waals surface area contributed by atoms with Gasteiger partial charge in [0, 0.05) is 51.7 Å². The van der Waals surface area contributed by atoms with Crippen molar-refractivity contribution in [3.05, 3.63) is 0 Å². The maximum atomic E-state index is 11.4. The molecular formula is C15H31N5O. The van der Waals surface area contributed by atoms with E-state index in [0.717, 1.165) is 51.8 Å². The van der Waals surface area contributed by atoms with E-state index in [4.69, 9.17) is 0 Å². The second kappa shape index (κ2) is 8.22. The third-order valence-corrected chi connectivity index (χ3v) is 3.39. The summed E-state index contributed by atoms with van der Waals surface area (Å²) < 4.78 is 0. The summed E-state index contributed by atoms with van der Waals surface area (Å²) in [6.07, 6.45) is 0. The fourth-order valence-electron chi connectivity index (χ4n) is 2.25. The van der Waals surface area contributed by atoms with Gasteiger partial charge in [0.05, 0.1) is 6.54 Å². The first-order valence-corrected chi connectivity index (χ1v) is 7.87. The second-order valence-electron chi connectivity index (χ2n) is 6.41. The molecule has 0 atom stereocenters. The lowest BCUT2D eigenvalue weighted by Gasteiger charge is -2.36. The summed E-state index contributed by atoms with van der Waals surface area (Å²) >= 11 is 0. The van der Waals surface area contributed by atoms with Gasteiger partial charge in [-0.2, -0.15) is 0 Å². The van der Waals surface area contributed by atoms with Crippen LogP contribution in [0.1, 0.15) is 34.6 Å². The first kappa shape index (κ1) is 17.8. The molecule has 1 fully saturated rings. The first-order chi connectivity index (χ1) is 9.83. The van der Waals surface area contributed by atoms with Crippen LogP contribution in [0.15, 0.2) is 4.99 Å². The smallest absolute Gasteiger partial charge is 0.219 e. The average molecular weight is 297 g/mol. The Morgan fingerprint density at radius 3 is 2.19 bits per heavy atom. The molecule has 0 radical (unpaired) electrons. The van der Waals surface area contributed by atoms with E-state index >= 15 is 0 Å². The fourth-order valence-corrected chi connectivity index (χ4v) is 2.25. The molecule has 0 aromatic carbocycles. The summed E-state index contributed by atoms with van der Waals surface area (Å²) in [6.45, 7) is 15.9. The standard InChI is InChI=1S/C15H31N5O/c1-6-16-14(17-7-8-18-15(3,4)5)20-11-9-19(10-12-20)13(2)21/h18H,6-12H2,1-5H3,(H,16,17). The van der Waals surface area contributed by atoms with Crippen molar-refractivity contribution in [3.8, 4) is 0 Å². The van der Waals surface area contributed by atoms with Gasteiger partial charge in [-0.15, -0.1) is 0 Å². The number of guanidine groups is 1. The molecule has 6 nitrogen and oxygen atoms in total. The number of nitrogens with one attached hydrogen (secondary N) is 2. The number of carbonyl (C=O) groups excluding carboxylic acids is 1. The monoisotopic (exact) mass is 297 g/mol. The molecule has 1 heterocycles. The highest BCUT2D eigenvalue weighted by Crippen LogP contribution is 2.03. The highest BCUT2D eigenvalue weighted by molar-refractivity contribution is 5.80. The summed E-state index contributed by atoms with van der Waals surface area (Å²) in [5.74, 6) is 1.11. The predicted molar refractivity (Wildman–Crippen MR) is 87.6 cm³/mol. The van der Waals surface area contributed by atoms with Crippen LogP contribution in [-0.4, -0.2) is 73.0 Å². The van der Waals surface area contributed by atoms with E-state index in [0.29, 0.717) is 0 Å². The highest BCUT2D eigenvalue weighted by Gasteiger charge is 2.20. The zero-order valence-corrected chi connectivity index (χ0v) is 14.2. The van der Waals surface area contributed by atoms with E-state index in [1.54, 1.807) is 6.92 Å². The topological polar surface area (TPSA) is 60.0 Å². The number of carbonyl (C=O) groups is 1. The van der Waals surface area contributed by atoms with Crippen LogP contribution in [0.2, 0.25) is 0 Å². The third-order valence-electron chi connectivity index (χ3n) is 3.39. The summed E-state index contributed by atoms with van der Waals surface area (Å²) in [5, 5.41) is 6.78. The van der Waals surface area contributed by atoms with Crippen LogP contribution in [0.25, 0.3) is 0 Å². The van der Waals surface area contributed by atoms with Gasteiger partial charge in [0.15, 0.2) is 5.96 Å². The summed E-state index contributed by atoms with van der Waals surface area (Å²) in [4.78, 5) is 20.2. The predicted octanol–water partition coefficient (Wildman–Crippen LogP) is 0.504. The van der Waals surface area contributed by atoms with Crippen LogP contribution in [0.4, 0.5) is 0 Å². The highest BCUT2D eigenvalue weighted by atomic mass is 16.2. The van der Waals surface area contributed by atoms with Crippen LogP contribution in [-0.2, 0) is 4.79 Å². The fraction of sp³-hybridized carbons (Fsp3) is 0.867. The quantitative estimate of drug-likeness (QED) is 0.451. The molecule has 2 N–H and O–H groups in total. The van der Waals surface area contributed by atoms with Crippen LogP contribution < -0.4 is 10.6 Å². The molecule has 6 heteroatoms. The number of hydrogen-bond acceptors (Lipinski definition) is 3. The van der Waals surface area contributed by atoms with Crippen molar-refractivity contribution in [3.63, 3.8) is 0 Å². The van der Waals surface area contributed by atoms with E-state index < -0.39 is 0 Å². The number of nitrogens with zero attached hydrogens (tertiary/aromatic N) is 3. The maximum absolute atomic E-state index is 11.4. The lowest BCUT2D eigenvalue weighted by Crippen LogP contribution is -2.53. The van der Waals surface area contributed by atoms with Gasteiger partial charge >= 0.3 is 0 Å². The van der Waals surface area contributed by atoms with Crippen molar-refractivity contribution in [2.24, 2.45) is 4.99 Å². The number of amides is 1. The van der Waals surface area contributed by atoms with Gasteiger partial charge in [0.2, 0.25) is 5.91 Å². The Balaban J connectivity index is 2.47. The minimum atomic E-state index is 0.126. The van der Waals surface area contributed by atoms with Crippen molar-refractivity contribution in [1.82, 2.24) is 20.4 Å². The summed E-state index contributed by atoms with van der Waals surface area (Å²) in [5.41, 5.74) is 0.126. The molecule has 0 unspecified atom stereocenters. The molecule has 21 heavy (non-hydrogen) atoms. The molecule has 1 aliphatic heterocycles. The molecular weight excluding hydrogens is 266 g/mol. The molecule has 0 bridgehead atoms. The van der Waals surface area contributed by atoms with Gasteiger partial charge < -0.3 is 20.4 Å². The van der Waals surface area contributed by atoms with Crippen LogP contribution >= 0.6 is 0 Å². The van der Waals surface area contributed by atoms with E-state index in [1.165, 1.54) is 0 Å². The molecule has 1 saturated heterocycles. The van der Waals surface area contributed by atoms with Gasteiger partial charge in [-0.1, -0.05) is 0 Å². The first-order valence-electron chi connectivity index (χ1n) is 7.87. The van der Waals surface area contributed by atoms with E-state index in [2.05, 4.69) is 48.2 Å². The van der Waals surface area contributed by atoms with Crippen molar-refractivity contribution < 1.29 is 4.79 Å². The molecule has 0 aromatic heterocycles. The normalized spacial score (nSPS) is 17.1. The summed E-state index contributed by atoms with van der Waals surface area (Å²) in [6, 6.07) is 0. The number of hydrogen-bond donors (Lipinski definition) is 2. The Morgan fingerprint density at radius 2 is 1.71 bits per heavy atom. The lowest BCUT2D eigenvalue weighted by atomic mass is 10.1. The van der Waals surface area contributed by atoms with E-state index in [-0.39, 0.29) is 11.4 Å². The average Bonchev–Trinajstić information content (AvgIpc) is 2.41. The van der Waals surface area contributed by atoms with Gasteiger partial charge in [-0.3, -0.25) is 9.79 Å². The Hall–Kier alpha value is -1.30. The van der Waals surface area contributed by atoms with Gasteiger partial charge in [-0.05, 0) is 27.7 Å². The Kier molecular flexibility index (Phi) is 6.95. The van der Waals surface area contributed by atoms with Crippen molar-refractivity contribution >= 4 is 11.9 Å². The third kappa shape index (κ3) is 6.80. The van der Waals surface area contributed by atoms with Crippen molar-refractivity contribution in [2.45, 2.75) is 40.2 Å². The Morgan fingerprint density at radius 1 is 1.14 bits per heavy atom. The second-order valence-corrected chi connectivity index (χ2v) is 6.41. The zero-order valence-electron chi connectivity index (χ0n) is 14.2. The number of aliphatic imine (C=N–C) groups is 1. The minimum absolute atomic E-state index is 0.126. The number of piperazine rings is 1. The maximum Gasteiger partial charge on any atom is 0.219 e. The Bertz CT molecular complexity index is 354. The Labute approximate surface area is 129 Å². The van der Waals surface area contributed by atoms with E-state index in [1.807, 2.05) is 4.90 Å². The SMILES string of the molecule is CCNC(=NCCNC(C)(C)C)N1CCN(C(C)=O)CC1. The minimum Gasteiger partial charge on any atom is -0.357 e. The van der Waals surface area contributed by atoms with Gasteiger partial charge in [-0.25, -0.2) is 0 Å². The summed E-state index contributed by atoms with van der Waals surface area (Å²) in [7, 11) is 0. The van der Waals surface area contributed by atoms with Crippen LogP contribution in [0, 0.1) is 0 Å². The molecule has 1 rings (SSSR count). The van der Waals surface area contributed by atoms with Crippen molar-refractivity contribution in [2.75, 3.05) is 45.8 Å². The molecule has 0 spiro atoms. The molecule has 122 valence electrons. The van der Waals surface area contributed by atoms with Crippen LogP contribution in [0.3, 0.4) is 0 Å².